The number of ether oxygens (including phenoxy) is 1. The van der Waals surface area contributed by atoms with E-state index in [2.05, 4.69) is 26.5 Å². The molecule has 0 saturated heterocycles. The van der Waals surface area contributed by atoms with E-state index in [1.54, 1.807) is 30.3 Å². The number of halogens is 1. The Bertz CT molecular complexity index is 1380. The average Bonchev–Trinajstić information content (AvgIpc) is 2.82. The van der Waals surface area contributed by atoms with Crippen LogP contribution in [0, 0.1) is 17.0 Å². The smallest absolute Gasteiger partial charge is 0.273 e. The zero-order valence-electron chi connectivity index (χ0n) is 18.7. The second kappa shape index (κ2) is 11.1. The van der Waals surface area contributed by atoms with E-state index in [9.17, 15) is 23.3 Å². The molecule has 0 unspecified atom stereocenters. The number of hydrogen-bond acceptors (Lipinski definition) is 7. The standard InChI is InChI=1S/C23H21BrN4O6S/c1-16-6-11-21(13-22(16)28(30)31)35(32,33)27(19-7-9-20(34-2)10-8-19)15-23(29)26-25-14-17-4-3-5-18(24)12-17/h3-14H,15H2,1-2H3,(H,26,29)/b25-14-. The molecule has 1 N–H and O–H groups in total. The van der Waals surface area contributed by atoms with Gasteiger partial charge in [-0.3, -0.25) is 19.2 Å². The van der Waals surface area contributed by atoms with Crippen LogP contribution >= 0.6 is 15.9 Å². The van der Waals surface area contributed by atoms with Crippen molar-refractivity contribution in [2.45, 2.75) is 11.8 Å². The molecule has 0 atom stereocenters. The van der Waals surface area contributed by atoms with Crippen molar-refractivity contribution in [1.29, 1.82) is 0 Å². The lowest BCUT2D eigenvalue weighted by molar-refractivity contribution is -0.385. The summed E-state index contributed by atoms with van der Waals surface area (Å²) in [5.74, 6) is -0.225. The Labute approximate surface area is 210 Å². The molecule has 0 aliphatic carbocycles. The largest absolute Gasteiger partial charge is 0.497 e. The highest BCUT2D eigenvalue weighted by Crippen LogP contribution is 2.29. The van der Waals surface area contributed by atoms with Crippen molar-refractivity contribution in [2.75, 3.05) is 18.0 Å². The van der Waals surface area contributed by atoms with Crippen molar-refractivity contribution >= 4 is 49.4 Å². The van der Waals surface area contributed by atoms with Crippen LogP contribution in [0.15, 0.2) is 81.2 Å². The lowest BCUT2D eigenvalue weighted by atomic mass is 10.2. The summed E-state index contributed by atoms with van der Waals surface area (Å²) in [6.07, 6.45) is 1.41. The lowest BCUT2D eigenvalue weighted by Gasteiger charge is -2.24. The Kier molecular flexibility index (Phi) is 8.20. The first kappa shape index (κ1) is 25.8. The molecule has 3 rings (SSSR count). The average molecular weight is 561 g/mol. The molecule has 0 fully saturated rings. The van der Waals surface area contributed by atoms with Gasteiger partial charge in [-0.05, 0) is 55.0 Å². The number of benzene rings is 3. The minimum Gasteiger partial charge on any atom is -0.497 e. The highest BCUT2D eigenvalue weighted by molar-refractivity contribution is 9.10. The van der Waals surface area contributed by atoms with Gasteiger partial charge in [0.1, 0.15) is 12.3 Å². The number of carbonyl (C=O) groups excluding carboxylic acids is 1. The third kappa shape index (κ3) is 6.43. The maximum Gasteiger partial charge on any atom is 0.273 e. The van der Waals surface area contributed by atoms with Gasteiger partial charge in [0, 0.05) is 16.1 Å². The van der Waals surface area contributed by atoms with E-state index >= 15 is 0 Å². The number of carbonyl (C=O) groups is 1. The molecule has 0 radical (unpaired) electrons. The molecule has 3 aromatic carbocycles. The van der Waals surface area contributed by atoms with Crippen LogP contribution in [0.1, 0.15) is 11.1 Å². The topological polar surface area (TPSA) is 131 Å². The predicted octanol–water partition coefficient (Wildman–Crippen LogP) is 4.02. The van der Waals surface area contributed by atoms with Gasteiger partial charge in [0.15, 0.2) is 0 Å². The van der Waals surface area contributed by atoms with Crippen LogP contribution in [0.5, 0.6) is 5.75 Å². The van der Waals surface area contributed by atoms with E-state index in [0.717, 1.165) is 14.8 Å². The molecule has 10 nitrogen and oxygen atoms in total. The van der Waals surface area contributed by atoms with E-state index in [1.165, 1.54) is 44.5 Å². The molecule has 1 amide bonds. The SMILES string of the molecule is COc1ccc(N(CC(=O)N/N=C\c2cccc(Br)c2)S(=O)(=O)c2ccc(C)c([N+](=O)[O-])c2)cc1. The van der Waals surface area contributed by atoms with Crippen LogP contribution < -0.4 is 14.5 Å². The number of hydrazone groups is 1. The number of amides is 1. The van der Waals surface area contributed by atoms with Gasteiger partial charge in [-0.2, -0.15) is 5.10 Å². The van der Waals surface area contributed by atoms with E-state index < -0.39 is 27.4 Å². The molecule has 0 heterocycles. The van der Waals surface area contributed by atoms with E-state index in [1.807, 2.05) is 6.07 Å². The number of nitro benzene ring substituents is 1. The number of hydrogen-bond donors (Lipinski definition) is 1. The van der Waals surface area contributed by atoms with E-state index in [0.29, 0.717) is 16.9 Å². The number of sulfonamides is 1. The summed E-state index contributed by atoms with van der Waals surface area (Å²) in [5.41, 5.74) is 3.16. The Hall–Kier alpha value is -3.77. The van der Waals surface area contributed by atoms with Gasteiger partial charge in [0.2, 0.25) is 0 Å². The zero-order valence-corrected chi connectivity index (χ0v) is 21.1. The van der Waals surface area contributed by atoms with Gasteiger partial charge >= 0.3 is 0 Å². The molecule has 0 saturated carbocycles. The minimum atomic E-state index is -4.36. The molecular formula is C23H21BrN4O6S. The molecule has 0 aliphatic heterocycles. The predicted molar refractivity (Wildman–Crippen MR) is 135 cm³/mol. The minimum absolute atomic E-state index is 0.167. The fraction of sp³-hybridized carbons (Fsp3) is 0.130. The summed E-state index contributed by atoms with van der Waals surface area (Å²) in [5, 5.41) is 15.2. The van der Waals surface area contributed by atoms with Crippen LogP contribution in [-0.4, -0.2) is 39.1 Å². The van der Waals surface area contributed by atoms with E-state index in [-0.39, 0.29) is 16.3 Å². The maximum absolute atomic E-state index is 13.5. The van der Waals surface area contributed by atoms with Crippen LogP contribution in [0.25, 0.3) is 0 Å². The highest BCUT2D eigenvalue weighted by Gasteiger charge is 2.29. The van der Waals surface area contributed by atoms with Gasteiger partial charge in [0.25, 0.3) is 21.6 Å². The summed E-state index contributed by atoms with van der Waals surface area (Å²) >= 11 is 3.34. The number of methoxy groups -OCH3 is 1. The van der Waals surface area contributed by atoms with Crippen molar-refractivity contribution in [3.63, 3.8) is 0 Å². The summed E-state index contributed by atoms with van der Waals surface area (Å²) in [6, 6.07) is 16.8. The quantitative estimate of drug-likeness (QED) is 0.239. The number of anilines is 1. The molecule has 3 aromatic rings. The first-order chi connectivity index (χ1) is 16.6. The second-order valence-corrected chi connectivity index (χ2v) is 10.0. The zero-order chi connectivity index (χ0) is 25.6. The van der Waals surface area contributed by atoms with Crippen LogP contribution in [-0.2, 0) is 14.8 Å². The number of rotatable bonds is 9. The Morgan fingerprint density at radius 2 is 1.89 bits per heavy atom. The lowest BCUT2D eigenvalue weighted by Crippen LogP contribution is -2.39. The van der Waals surface area contributed by atoms with Crippen LogP contribution in [0.2, 0.25) is 0 Å². The number of aryl methyl sites for hydroxylation is 1. The maximum atomic E-state index is 13.5. The molecule has 12 heteroatoms. The third-order valence-electron chi connectivity index (χ3n) is 4.86. The number of nitro groups is 1. The van der Waals surface area contributed by atoms with Gasteiger partial charge < -0.3 is 4.74 Å². The number of nitrogens with zero attached hydrogens (tertiary/aromatic N) is 3. The number of nitrogens with one attached hydrogen (secondary N) is 1. The second-order valence-electron chi connectivity index (χ2n) is 7.26. The normalized spacial score (nSPS) is 11.3. The van der Waals surface area contributed by atoms with Crippen LogP contribution in [0.3, 0.4) is 0 Å². The molecule has 0 bridgehead atoms. The van der Waals surface area contributed by atoms with Gasteiger partial charge in [-0.15, -0.1) is 0 Å². The molecule has 35 heavy (non-hydrogen) atoms. The van der Waals surface area contributed by atoms with Gasteiger partial charge in [0.05, 0.1) is 28.8 Å². The van der Waals surface area contributed by atoms with Crippen molar-refractivity contribution in [3.8, 4) is 5.75 Å². The molecule has 0 aliphatic rings. The molecule has 0 aromatic heterocycles. The van der Waals surface area contributed by atoms with Crippen molar-refractivity contribution in [2.24, 2.45) is 5.10 Å². The van der Waals surface area contributed by atoms with Crippen molar-refractivity contribution in [1.82, 2.24) is 5.43 Å². The molecular weight excluding hydrogens is 540 g/mol. The van der Waals surface area contributed by atoms with Gasteiger partial charge in [-0.1, -0.05) is 34.1 Å². The van der Waals surface area contributed by atoms with Crippen molar-refractivity contribution < 1.29 is 22.9 Å². The fourth-order valence-corrected chi connectivity index (χ4v) is 4.93. The molecule has 0 spiro atoms. The fourth-order valence-electron chi connectivity index (χ4n) is 3.07. The molecule has 182 valence electrons. The van der Waals surface area contributed by atoms with Crippen molar-refractivity contribution in [3.05, 3.63) is 92.4 Å². The summed E-state index contributed by atoms with van der Waals surface area (Å²) in [6.45, 7) is 0.888. The Morgan fingerprint density at radius 1 is 1.17 bits per heavy atom. The Morgan fingerprint density at radius 3 is 2.51 bits per heavy atom. The monoisotopic (exact) mass is 560 g/mol. The summed E-state index contributed by atoms with van der Waals surface area (Å²) < 4.78 is 33.8. The summed E-state index contributed by atoms with van der Waals surface area (Å²) in [4.78, 5) is 23.0. The van der Waals surface area contributed by atoms with Crippen LogP contribution in [0.4, 0.5) is 11.4 Å². The first-order valence-corrected chi connectivity index (χ1v) is 12.3. The first-order valence-electron chi connectivity index (χ1n) is 10.1. The Balaban J connectivity index is 1.92. The van der Waals surface area contributed by atoms with Gasteiger partial charge in [-0.25, -0.2) is 13.8 Å². The van der Waals surface area contributed by atoms with E-state index in [4.69, 9.17) is 4.74 Å². The third-order valence-corrected chi connectivity index (χ3v) is 7.13. The highest BCUT2D eigenvalue weighted by atomic mass is 79.9. The summed E-state index contributed by atoms with van der Waals surface area (Å²) in [7, 11) is -2.89.